The molecule has 4 N–H and O–H groups in total. The summed E-state index contributed by atoms with van der Waals surface area (Å²) in [6.07, 6.45) is 7.77. The third kappa shape index (κ3) is 12.7. The van der Waals surface area contributed by atoms with E-state index in [2.05, 4.69) is 25.5 Å². The number of carboxylic acid groups (broad SMARTS) is 2. The number of rotatable bonds is 21. The van der Waals surface area contributed by atoms with Crippen molar-refractivity contribution in [1.82, 2.24) is 30.4 Å². The lowest BCUT2D eigenvalue weighted by Gasteiger charge is -2.29. The number of unbranched alkanes of at least 4 members (excludes halogenated alkanes) is 1. The molecule has 0 radical (unpaired) electrons. The first-order valence-corrected chi connectivity index (χ1v) is 17.1. The third-order valence-corrected chi connectivity index (χ3v) is 8.73. The molecule has 1 saturated heterocycles. The number of likely N-dealkylation sites (tertiary alicyclic amines) is 1. The Morgan fingerprint density at radius 2 is 1.51 bits per heavy atom. The molecule has 3 atom stereocenters. The Balaban J connectivity index is 1.25. The number of benzene rings is 1. The van der Waals surface area contributed by atoms with Crippen LogP contribution in [0.25, 0.3) is 0 Å². The number of carboxylic acids is 2. The average molecular weight is 673 g/mol. The number of carbonyl (C=O) groups is 4. The van der Waals surface area contributed by atoms with Gasteiger partial charge in [0.05, 0.1) is 17.4 Å². The van der Waals surface area contributed by atoms with Gasteiger partial charge in [0.15, 0.2) is 0 Å². The number of aliphatic carboxylic acids is 2. The topological polar surface area (TPSA) is 165 Å². The minimum atomic E-state index is -1.06. The number of nitrogens with zero attached hydrogens (tertiary/aromatic N) is 4. The number of pyridine rings is 2. The van der Waals surface area contributed by atoms with Gasteiger partial charge in [0.25, 0.3) is 0 Å². The van der Waals surface area contributed by atoms with Crippen LogP contribution in [0.1, 0.15) is 68.3 Å². The summed E-state index contributed by atoms with van der Waals surface area (Å²) >= 11 is 0. The lowest BCUT2D eigenvalue weighted by Crippen LogP contribution is -2.54. The molecule has 0 spiro atoms. The van der Waals surface area contributed by atoms with Gasteiger partial charge in [-0.05, 0) is 87.7 Å². The fraction of sp³-hybridized carbons (Fsp3) is 0.459. The largest absolute Gasteiger partial charge is 0.480 e. The first-order valence-electron chi connectivity index (χ1n) is 17.1. The number of amides is 2. The van der Waals surface area contributed by atoms with E-state index in [1.54, 1.807) is 12.4 Å². The molecule has 2 aromatic heterocycles. The summed E-state index contributed by atoms with van der Waals surface area (Å²) < 4.78 is 0. The van der Waals surface area contributed by atoms with Crippen LogP contribution in [0.3, 0.4) is 0 Å². The van der Waals surface area contributed by atoms with Gasteiger partial charge in [-0.2, -0.15) is 0 Å². The van der Waals surface area contributed by atoms with Gasteiger partial charge in [-0.25, -0.2) is 4.79 Å². The summed E-state index contributed by atoms with van der Waals surface area (Å²) in [6, 6.07) is 18.4. The van der Waals surface area contributed by atoms with Crippen molar-refractivity contribution in [1.29, 1.82) is 0 Å². The molecule has 49 heavy (non-hydrogen) atoms. The Bertz CT molecular complexity index is 1420. The zero-order valence-corrected chi connectivity index (χ0v) is 28.0. The van der Waals surface area contributed by atoms with Gasteiger partial charge in [-0.3, -0.25) is 34.6 Å². The summed E-state index contributed by atoms with van der Waals surface area (Å²) in [5, 5.41) is 25.6. The van der Waals surface area contributed by atoms with Crippen LogP contribution in [-0.4, -0.2) is 91.5 Å². The molecule has 2 amide bonds. The second-order valence-electron chi connectivity index (χ2n) is 12.5. The molecule has 12 heteroatoms. The summed E-state index contributed by atoms with van der Waals surface area (Å²) in [6.45, 7) is 2.73. The van der Waals surface area contributed by atoms with Crippen molar-refractivity contribution in [2.24, 2.45) is 0 Å². The van der Waals surface area contributed by atoms with Crippen LogP contribution in [-0.2, 0) is 38.7 Å². The molecule has 0 aliphatic carbocycles. The molecule has 3 heterocycles. The molecule has 4 rings (SSSR count). The van der Waals surface area contributed by atoms with Crippen LogP contribution >= 0.6 is 0 Å². The lowest BCUT2D eigenvalue weighted by atomic mass is 10.0. The molecule has 262 valence electrons. The van der Waals surface area contributed by atoms with Crippen LogP contribution in [0, 0.1) is 0 Å². The number of nitrogens with one attached hydrogen (secondary N) is 2. The minimum Gasteiger partial charge on any atom is -0.480 e. The smallest absolute Gasteiger partial charge is 0.326 e. The third-order valence-electron chi connectivity index (χ3n) is 8.73. The Labute approximate surface area is 287 Å². The molecule has 1 aromatic carbocycles. The Hall–Kier alpha value is -4.68. The average Bonchev–Trinajstić information content (AvgIpc) is 3.61. The van der Waals surface area contributed by atoms with Crippen molar-refractivity contribution in [3.05, 3.63) is 96.1 Å². The maximum Gasteiger partial charge on any atom is 0.326 e. The number of aryl methyl sites for hydroxylation is 1. The Kier molecular flexibility index (Phi) is 15.1. The van der Waals surface area contributed by atoms with Gasteiger partial charge in [-0.1, -0.05) is 42.5 Å². The van der Waals surface area contributed by atoms with E-state index in [-0.39, 0.29) is 18.2 Å². The van der Waals surface area contributed by atoms with E-state index in [9.17, 15) is 29.4 Å². The molecule has 12 nitrogen and oxygen atoms in total. The fourth-order valence-electron chi connectivity index (χ4n) is 6.15. The van der Waals surface area contributed by atoms with Gasteiger partial charge in [0.1, 0.15) is 12.1 Å². The summed E-state index contributed by atoms with van der Waals surface area (Å²) in [4.78, 5) is 62.8. The van der Waals surface area contributed by atoms with E-state index in [1.807, 2.05) is 66.7 Å². The highest BCUT2D eigenvalue weighted by atomic mass is 16.4. The molecule has 0 unspecified atom stereocenters. The van der Waals surface area contributed by atoms with Crippen LogP contribution in [0.5, 0.6) is 0 Å². The van der Waals surface area contributed by atoms with E-state index in [0.717, 1.165) is 17.0 Å². The van der Waals surface area contributed by atoms with E-state index in [1.165, 1.54) is 4.90 Å². The normalized spacial score (nSPS) is 15.5. The number of aromatic nitrogens is 2. The van der Waals surface area contributed by atoms with Gasteiger partial charge in [0.2, 0.25) is 11.8 Å². The Morgan fingerprint density at radius 3 is 2.12 bits per heavy atom. The number of hydrogen-bond acceptors (Lipinski definition) is 8. The van der Waals surface area contributed by atoms with Gasteiger partial charge in [0, 0.05) is 45.0 Å². The van der Waals surface area contributed by atoms with E-state index < -0.39 is 30.1 Å². The predicted octanol–water partition coefficient (Wildman–Crippen LogP) is 3.67. The Morgan fingerprint density at radius 1 is 0.837 bits per heavy atom. The van der Waals surface area contributed by atoms with Crippen LogP contribution in [0.2, 0.25) is 0 Å². The van der Waals surface area contributed by atoms with E-state index in [0.29, 0.717) is 84.1 Å². The SMILES string of the molecule is O=C(CCCN(Cc1ccccn1)Cc1ccccn1)NCCCC[C@H](N[C@@H](CCc1ccccc1)C(=O)O)C(=O)N1CCC[C@H]1C(=O)O. The number of hydrogen-bond donors (Lipinski definition) is 4. The predicted molar refractivity (Wildman–Crippen MR) is 184 cm³/mol. The van der Waals surface area contributed by atoms with Crippen molar-refractivity contribution in [2.45, 2.75) is 89.0 Å². The minimum absolute atomic E-state index is 0.0606. The van der Waals surface area contributed by atoms with Gasteiger partial charge in [-0.15, -0.1) is 0 Å². The molecule has 0 bridgehead atoms. The summed E-state index contributed by atoms with van der Waals surface area (Å²) in [7, 11) is 0. The van der Waals surface area contributed by atoms with Gasteiger partial charge < -0.3 is 20.4 Å². The highest BCUT2D eigenvalue weighted by Crippen LogP contribution is 2.20. The van der Waals surface area contributed by atoms with Gasteiger partial charge >= 0.3 is 11.9 Å². The van der Waals surface area contributed by atoms with Crippen molar-refractivity contribution >= 4 is 23.8 Å². The summed E-state index contributed by atoms with van der Waals surface area (Å²) in [5.41, 5.74) is 2.89. The van der Waals surface area contributed by atoms with Crippen molar-refractivity contribution in [3.63, 3.8) is 0 Å². The highest BCUT2D eigenvalue weighted by Gasteiger charge is 2.38. The molecule has 1 aliphatic heterocycles. The van der Waals surface area contributed by atoms with Crippen LogP contribution in [0.4, 0.5) is 0 Å². The van der Waals surface area contributed by atoms with E-state index in [4.69, 9.17) is 0 Å². The summed E-state index contributed by atoms with van der Waals surface area (Å²) in [5.74, 6) is -2.56. The van der Waals surface area contributed by atoms with E-state index >= 15 is 0 Å². The highest BCUT2D eigenvalue weighted by molar-refractivity contribution is 5.88. The standard InChI is InChI=1S/C37H48N6O6/c44-34(18-11-24-42(26-29-14-4-7-21-38-29)27-30-15-5-8-22-39-30)40-23-9-6-16-31(35(45)43-25-10-17-33(43)37(48)49)41-32(36(46)47)20-19-28-12-2-1-3-13-28/h1-5,7-8,12-15,21-22,31-33,41H,6,9-11,16-20,23-27H2,(H,40,44)(H,46,47)(H,48,49)/t31-,32-,33-/m0/s1. The second kappa shape index (κ2) is 20.0. The maximum atomic E-state index is 13.6. The first kappa shape index (κ1) is 37.1. The first-order chi connectivity index (χ1) is 23.8. The fourth-order valence-corrected chi connectivity index (χ4v) is 6.15. The molecular weight excluding hydrogens is 624 g/mol. The van der Waals surface area contributed by atoms with Crippen LogP contribution < -0.4 is 10.6 Å². The molecule has 3 aromatic rings. The zero-order valence-electron chi connectivity index (χ0n) is 28.0. The maximum absolute atomic E-state index is 13.6. The molecule has 1 fully saturated rings. The van der Waals surface area contributed by atoms with Crippen molar-refractivity contribution in [2.75, 3.05) is 19.6 Å². The number of carbonyl (C=O) groups excluding carboxylic acids is 2. The molecular formula is C37H48N6O6. The molecule has 1 aliphatic rings. The molecule has 0 saturated carbocycles. The van der Waals surface area contributed by atoms with Crippen LogP contribution in [0.15, 0.2) is 79.1 Å². The zero-order chi connectivity index (χ0) is 34.8. The second-order valence-corrected chi connectivity index (χ2v) is 12.5. The monoisotopic (exact) mass is 672 g/mol. The lowest BCUT2D eigenvalue weighted by molar-refractivity contribution is -0.149. The van der Waals surface area contributed by atoms with Crippen molar-refractivity contribution in [3.8, 4) is 0 Å². The quantitative estimate of drug-likeness (QED) is 0.123. The van der Waals surface area contributed by atoms with Crippen molar-refractivity contribution < 1.29 is 29.4 Å².